The highest BCUT2D eigenvalue weighted by Crippen LogP contribution is 2.16. The van der Waals surface area contributed by atoms with Crippen LogP contribution in [0.3, 0.4) is 0 Å². The largest absolute Gasteiger partial charge is 0.356 e. The van der Waals surface area contributed by atoms with E-state index in [1.165, 1.54) is 45.2 Å². The van der Waals surface area contributed by atoms with Crippen LogP contribution < -0.4 is 10.6 Å². The third-order valence-corrected chi connectivity index (χ3v) is 3.82. The number of aliphatic imine (C=N–C) groups is 1. The number of nitrogens with one attached hydrogen (secondary N) is 2. The first-order valence-corrected chi connectivity index (χ1v) is 8.15. The first-order valence-electron chi connectivity index (χ1n) is 8.15. The second-order valence-corrected chi connectivity index (χ2v) is 6.96. The normalized spacial score (nSPS) is 21.9. The van der Waals surface area contributed by atoms with Crippen molar-refractivity contribution in [3.63, 3.8) is 0 Å². The highest BCUT2D eigenvalue weighted by molar-refractivity contribution is 5.80. The smallest absolute Gasteiger partial charge is 0.191 e. The van der Waals surface area contributed by atoms with Gasteiger partial charge in [0.15, 0.2) is 5.96 Å². The first kappa shape index (κ1) is 17.3. The molecular weight excluding hydrogens is 248 g/mol. The van der Waals surface area contributed by atoms with Crippen molar-refractivity contribution in [1.29, 1.82) is 0 Å². The monoisotopic (exact) mass is 282 g/mol. The van der Waals surface area contributed by atoms with Crippen molar-refractivity contribution >= 4 is 5.96 Å². The van der Waals surface area contributed by atoms with E-state index in [1.54, 1.807) is 0 Å². The van der Waals surface area contributed by atoms with Gasteiger partial charge >= 0.3 is 0 Å². The van der Waals surface area contributed by atoms with E-state index in [0.29, 0.717) is 0 Å². The van der Waals surface area contributed by atoms with Crippen molar-refractivity contribution in [3.05, 3.63) is 0 Å². The molecule has 1 fully saturated rings. The van der Waals surface area contributed by atoms with E-state index in [4.69, 9.17) is 0 Å². The van der Waals surface area contributed by atoms with Gasteiger partial charge in [0, 0.05) is 25.2 Å². The Morgan fingerprint density at radius 1 is 1.25 bits per heavy atom. The van der Waals surface area contributed by atoms with Gasteiger partial charge in [-0.05, 0) is 66.5 Å². The molecule has 1 heterocycles. The lowest BCUT2D eigenvalue weighted by atomic mass is 10.0. The number of hydrogen-bond donors (Lipinski definition) is 2. The molecule has 0 aromatic rings. The fourth-order valence-corrected chi connectivity index (χ4v) is 2.67. The molecule has 1 rings (SSSR count). The minimum atomic E-state index is 0.0606. The van der Waals surface area contributed by atoms with E-state index in [-0.39, 0.29) is 5.54 Å². The summed E-state index contributed by atoms with van der Waals surface area (Å²) in [5.41, 5.74) is 0.0606. The average Bonchev–Trinajstić information content (AvgIpc) is 2.37. The standard InChI is InChI=1S/C16H34N4/c1-14-10-6-8-12-20(14)13-9-7-11-18-15(17-5)19-16(2,3)4/h14H,6-13H2,1-5H3,(H2,17,18,19). The molecule has 0 spiro atoms. The number of likely N-dealkylation sites (tertiary alicyclic amines) is 1. The van der Waals surface area contributed by atoms with Crippen molar-refractivity contribution in [2.45, 2.75) is 71.4 Å². The third-order valence-electron chi connectivity index (χ3n) is 3.82. The SMILES string of the molecule is CN=C(NCCCCN1CCCCC1C)NC(C)(C)C. The Bertz CT molecular complexity index is 293. The van der Waals surface area contributed by atoms with Crippen LogP contribution in [0.2, 0.25) is 0 Å². The molecule has 0 aromatic carbocycles. The molecule has 0 aromatic heterocycles. The molecule has 0 amide bonds. The second kappa shape index (κ2) is 8.50. The molecule has 0 aliphatic carbocycles. The first-order chi connectivity index (χ1) is 9.42. The van der Waals surface area contributed by atoms with Crippen LogP contribution in [-0.2, 0) is 0 Å². The van der Waals surface area contributed by atoms with Crippen LogP contribution >= 0.6 is 0 Å². The fraction of sp³-hybridized carbons (Fsp3) is 0.938. The molecule has 4 nitrogen and oxygen atoms in total. The van der Waals surface area contributed by atoms with Gasteiger partial charge in [0.1, 0.15) is 0 Å². The van der Waals surface area contributed by atoms with E-state index < -0.39 is 0 Å². The number of nitrogens with zero attached hydrogens (tertiary/aromatic N) is 2. The molecule has 1 saturated heterocycles. The van der Waals surface area contributed by atoms with Gasteiger partial charge in [-0.1, -0.05) is 6.42 Å². The lowest BCUT2D eigenvalue weighted by molar-refractivity contribution is 0.158. The molecule has 118 valence electrons. The van der Waals surface area contributed by atoms with Crippen LogP contribution in [-0.4, -0.2) is 49.1 Å². The maximum Gasteiger partial charge on any atom is 0.191 e. The van der Waals surface area contributed by atoms with Crippen molar-refractivity contribution in [2.75, 3.05) is 26.7 Å². The van der Waals surface area contributed by atoms with Gasteiger partial charge < -0.3 is 15.5 Å². The number of rotatable bonds is 5. The second-order valence-electron chi connectivity index (χ2n) is 6.96. The van der Waals surface area contributed by atoms with Gasteiger partial charge in [-0.2, -0.15) is 0 Å². The zero-order valence-electron chi connectivity index (χ0n) is 14.1. The summed E-state index contributed by atoms with van der Waals surface area (Å²) in [7, 11) is 1.83. The van der Waals surface area contributed by atoms with Gasteiger partial charge in [0.2, 0.25) is 0 Å². The van der Waals surface area contributed by atoms with Crippen LogP contribution in [0.15, 0.2) is 4.99 Å². The van der Waals surface area contributed by atoms with Gasteiger partial charge in [-0.25, -0.2) is 0 Å². The fourth-order valence-electron chi connectivity index (χ4n) is 2.67. The molecule has 20 heavy (non-hydrogen) atoms. The maximum absolute atomic E-state index is 4.26. The van der Waals surface area contributed by atoms with Crippen molar-refractivity contribution in [1.82, 2.24) is 15.5 Å². The minimum Gasteiger partial charge on any atom is -0.356 e. The van der Waals surface area contributed by atoms with Crippen molar-refractivity contribution in [2.24, 2.45) is 4.99 Å². The molecule has 0 bridgehead atoms. The molecule has 1 atom stereocenters. The zero-order chi connectivity index (χ0) is 15.0. The van der Waals surface area contributed by atoms with E-state index in [1.807, 2.05) is 7.05 Å². The Labute approximate surface area is 125 Å². The van der Waals surface area contributed by atoms with E-state index in [2.05, 4.69) is 48.2 Å². The van der Waals surface area contributed by atoms with E-state index in [9.17, 15) is 0 Å². The van der Waals surface area contributed by atoms with Gasteiger partial charge in [-0.3, -0.25) is 4.99 Å². The quantitative estimate of drug-likeness (QED) is 0.462. The highest BCUT2D eigenvalue weighted by Gasteiger charge is 2.17. The Hall–Kier alpha value is -0.770. The Morgan fingerprint density at radius 3 is 2.60 bits per heavy atom. The molecule has 4 heteroatoms. The van der Waals surface area contributed by atoms with E-state index >= 15 is 0 Å². The van der Waals surface area contributed by atoms with Crippen LogP contribution in [0.1, 0.15) is 59.8 Å². The predicted molar refractivity (Wildman–Crippen MR) is 88.4 cm³/mol. The van der Waals surface area contributed by atoms with Crippen molar-refractivity contribution < 1.29 is 0 Å². The number of unbranched alkanes of at least 4 members (excludes halogenated alkanes) is 1. The average molecular weight is 282 g/mol. The summed E-state index contributed by atoms with van der Waals surface area (Å²) < 4.78 is 0. The molecule has 1 aliphatic rings. The molecule has 1 unspecified atom stereocenters. The van der Waals surface area contributed by atoms with Gasteiger partial charge in [0.25, 0.3) is 0 Å². The summed E-state index contributed by atoms with van der Waals surface area (Å²) in [5.74, 6) is 0.906. The summed E-state index contributed by atoms with van der Waals surface area (Å²) in [5, 5.41) is 6.78. The molecular formula is C16H34N4. The Morgan fingerprint density at radius 2 is 2.00 bits per heavy atom. The molecule has 0 radical (unpaired) electrons. The lowest BCUT2D eigenvalue weighted by Crippen LogP contribution is -2.47. The Balaban J connectivity index is 2.12. The zero-order valence-corrected chi connectivity index (χ0v) is 14.1. The number of hydrogen-bond acceptors (Lipinski definition) is 2. The minimum absolute atomic E-state index is 0.0606. The summed E-state index contributed by atoms with van der Waals surface area (Å²) in [6, 6.07) is 0.784. The Kier molecular flexibility index (Phi) is 7.35. The highest BCUT2D eigenvalue weighted by atomic mass is 15.2. The van der Waals surface area contributed by atoms with Crippen LogP contribution in [0, 0.1) is 0 Å². The van der Waals surface area contributed by atoms with Crippen LogP contribution in [0.4, 0.5) is 0 Å². The third kappa shape index (κ3) is 7.13. The summed E-state index contributed by atoms with van der Waals surface area (Å²) in [6.07, 6.45) is 6.64. The molecule has 0 saturated carbocycles. The van der Waals surface area contributed by atoms with Gasteiger partial charge in [-0.15, -0.1) is 0 Å². The summed E-state index contributed by atoms with van der Waals surface area (Å²) in [6.45, 7) is 12.4. The van der Waals surface area contributed by atoms with Crippen LogP contribution in [0.5, 0.6) is 0 Å². The van der Waals surface area contributed by atoms with E-state index in [0.717, 1.165) is 18.5 Å². The number of guanidine groups is 1. The van der Waals surface area contributed by atoms with Crippen molar-refractivity contribution in [3.8, 4) is 0 Å². The summed E-state index contributed by atoms with van der Waals surface area (Å²) in [4.78, 5) is 6.90. The van der Waals surface area contributed by atoms with Crippen LogP contribution in [0.25, 0.3) is 0 Å². The number of piperidine rings is 1. The lowest BCUT2D eigenvalue weighted by Gasteiger charge is -2.33. The molecule has 2 N–H and O–H groups in total. The topological polar surface area (TPSA) is 39.7 Å². The van der Waals surface area contributed by atoms with Gasteiger partial charge in [0.05, 0.1) is 0 Å². The molecule has 1 aliphatic heterocycles. The maximum atomic E-state index is 4.26. The summed E-state index contributed by atoms with van der Waals surface area (Å²) >= 11 is 0. The predicted octanol–water partition coefficient (Wildman–Crippen LogP) is 2.60.